The average Bonchev–Trinajstić information content (AvgIpc) is 2.97. The molecule has 0 unspecified atom stereocenters. The summed E-state index contributed by atoms with van der Waals surface area (Å²) in [6.07, 6.45) is 1.59. The molecule has 166 valence electrons. The Balaban J connectivity index is 2.17. The lowest BCUT2D eigenvalue weighted by Gasteiger charge is -2.26. The molecule has 1 atom stereocenters. The predicted octanol–water partition coefficient (Wildman–Crippen LogP) is 2.67. The summed E-state index contributed by atoms with van der Waals surface area (Å²) in [7, 11) is 3.26. The summed E-state index contributed by atoms with van der Waals surface area (Å²) in [6, 6.07) is 7.20. The molecule has 0 saturated heterocycles. The number of ether oxygens (including phenoxy) is 1. The zero-order chi connectivity index (χ0) is 22.8. The molecule has 0 saturated carbocycles. The molecule has 0 aliphatic rings. The number of aliphatic hydroxyl groups is 1. The maximum atomic E-state index is 13.5. The van der Waals surface area contributed by atoms with Crippen molar-refractivity contribution in [1.82, 2.24) is 19.3 Å². The standard InChI is InChI=1S/C22H28FN5O3/c1-14(22(2,3)30)25-21-24-11-10-17(26-21)19-18(15-6-8-16(23)9-7-15)20(29)27(4)28(19)12-13-31-5/h6-11,14,30H,12-13H2,1-5H3,(H,24,25,26)/t14-/m0/s1. The van der Waals surface area contributed by atoms with Gasteiger partial charge in [-0.25, -0.2) is 14.4 Å². The van der Waals surface area contributed by atoms with Gasteiger partial charge in [0.25, 0.3) is 5.56 Å². The van der Waals surface area contributed by atoms with Gasteiger partial charge in [0.2, 0.25) is 5.95 Å². The van der Waals surface area contributed by atoms with Crippen molar-refractivity contribution in [2.24, 2.45) is 7.05 Å². The zero-order valence-electron chi connectivity index (χ0n) is 18.4. The SMILES string of the molecule is COCCn1c(-c2ccnc(N[C@@H](C)C(C)(C)O)n2)c(-c2ccc(F)cc2)c(=O)n1C. The van der Waals surface area contributed by atoms with Gasteiger partial charge in [-0.3, -0.25) is 14.2 Å². The third-order valence-corrected chi connectivity index (χ3v) is 5.31. The lowest BCUT2D eigenvalue weighted by molar-refractivity contribution is 0.0646. The first-order valence-corrected chi connectivity index (χ1v) is 10.0. The summed E-state index contributed by atoms with van der Waals surface area (Å²) in [4.78, 5) is 22.0. The van der Waals surface area contributed by atoms with Crippen LogP contribution in [0, 0.1) is 5.82 Å². The van der Waals surface area contributed by atoms with Gasteiger partial charge in [0.1, 0.15) is 5.82 Å². The maximum Gasteiger partial charge on any atom is 0.274 e. The minimum Gasteiger partial charge on any atom is -0.388 e. The molecule has 8 nitrogen and oxygen atoms in total. The number of halogens is 1. The molecule has 2 heterocycles. The maximum absolute atomic E-state index is 13.5. The first-order chi connectivity index (χ1) is 14.6. The number of nitrogens with zero attached hydrogens (tertiary/aromatic N) is 4. The Bertz CT molecular complexity index is 1100. The van der Waals surface area contributed by atoms with E-state index in [2.05, 4.69) is 15.3 Å². The van der Waals surface area contributed by atoms with Crippen LogP contribution in [-0.2, 0) is 18.3 Å². The highest BCUT2D eigenvalue weighted by molar-refractivity contribution is 5.79. The van der Waals surface area contributed by atoms with Gasteiger partial charge in [-0.15, -0.1) is 0 Å². The van der Waals surface area contributed by atoms with Crippen molar-refractivity contribution < 1.29 is 14.2 Å². The highest BCUT2D eigenvalue weighted by atomic mass is 19.1. The molecule has 0 spiro atoms. The Morgan fingerprint density at radius 2 is 1.94 bits per heavy atom. The first kappa shape index (κ1) is 22.6. The second-order valence-electron chi connectivity index (χ2n) is 7.96. The summed E-state index contributed by atoms with van der Waals surface area (Å²) in [5.41, 5.74) is 0.901. The normalized spacial score (nSPS) is 12.7. The molecule has 0 amide bonds. The predicted molar refractivity (Wildman–Crippen MR) is 117 cm³/mol. The highest BCUT2D eigenvalue weighted by Crippen LogP contribution is 2.30. The second kappa shape index (κ2) is 8.99. The number of hydrogen-bond donors (Lipinski definition) is 2. The molecule has 0 bridgehead atoms. The molecule has 2 aromatic heterocycles. The fourth-order valence-electron chi connectivity index (χ4n) is 3.16. The minimum atomic E-state index is -0.980. The topological polar surface area (TPSA) is 94.2 Å². The largest absolute Gasteiger partial charge is 0.388 e. The molecular weight excluding hydrogens is 401 g/mol. The highest BCUT2D eigenvalue weighted by Gasteiger charge is 2.25. The lowest BCUT2D eigenvalue weighted by Crippen LogP contribution is -2.39. The van der Waals surface area contributed by atoms with E-state index in [4.69, 9.17) is 4.74 Å². The molecule has 0 fully saturated rings. The van der Waals surface area contributed by atoms with Crippen molar-refractivity contribution >= 4 is 5.95 Å². The van der Waals surface area contributed by atoms with Gasteiger partial charge in [0.05, 0.1) is 41.7 Å². The number of nitrogens with one attached hydrogen (secondary N) is 1. The van der Waals surface area contributed by atoms with Crippen LogP contribution < -0.4 is 10.9 Å². The molecular formula is C22H28FN5O3. The van der Waals surface area contributed by atoms with Crippen LogP contribution in [0.15, 0.2) is 41.3 Å². The van der Waals surface area contributed by atoms with Crippen LogP contribution in [0.3, 0.4) is 0 Å². The van der Waals surface area contributed by atoms with Crippen LogP contribution in [0.4, 0.5) is 10.3 Å². The molecule has 3 aromatic rings. The van der Waals surface area contributed by atoms with Crippen molar-refractivity contribution in [2.75, 3.05) is 19.0 Å². The zero-order valence-corrected chi connectivity index (χ0v) is 18.4. The second-order valence-corrected chi connectivity index (χ2v) is 7.96. The summed E-state index contributed by atoms with van der Waals surface area (Å²) in [6.45, 7) is 6.04. The number of aromatic nitrogens is 4. The number of anilines is 1. The smallest absolute Gasteiger partial charge is 0.274 e. The van der Waals surface area contributed by atoms with Gasteiger partial charge in [-0.1, -0.05) is 12.1 Å². The monoisotopic (exact) mass is 429 g/mol. The fourth-order valence-corrected chi connectivity index (χ4v) is 3.16. The van der Waals surface area contributed by atoms with E-state index in [1.807, 2.05) is 6.92 Å². The Morgan fingerprint density at radius 3 is 2.55 bits per heavy atom. The van der Waals surface area contributed by atoms with E-state index < -0.39 is 5.60 Å². The molecule has 0 aliphatic heterocycles. The van der Waals surface area contributed by atoms with Gasteiger partial charge in [0.15, 0.2) is 0 Å². The third-order valence-electron chi connectivity index (χ3n) is 5.31. The number of hydrogen-bond acceptors (Lipinski definition) is 6. The van der Waals surface area contributed by atoms with E-state index in [-0.39, 0.29) is 17.4 Å². The quantitative estimate of drug-likeness (QED) is 0.572. The van der Waals surface area contributed by atoms with Crippen LogP contribution in [0.5, 0.6) is 0 Å². The Morgan fingerprint density at radius 1 is 1.26 bits per heavy atom. The van der Waals surface area contributed by atoms with Crippen molar-refractivity contribution in [3.05, 3.63) is 52.7 Å². The molecule has 2 N–H and O–H groups in total. The summed E-state index contributed by atoms with van der Waals surface area (Å²) >= 11 is 0. The van der Waals surface area contributed by atoms with Gasteiger partial charge >= 0.3 is 0 Å². The molecule has 0 aliphatic carbocycles. The van der Waals surface area contributed by atoms with E-state index in [1.165, 1.54) is 16.8 Å². The van der Waals surface area contributed by atoms with Crippen LogP contribution >= 0.6 is 0 Å². The van der Waals surface area contributed by atoms with Crippen molar-refractivity contribution in [1.29, 1.82) is 0 Å². The summed E-state index contributed by atoms with van der Waals surface area (Å²) < 4.78 is 22.0. The number of rotatable bonds is 8. The van der Waals surface area contributed by atoms with Crippen LogP contribution in [-0.4, -0.2) is 49.8 Å². The Labute approximate surface area is 180 Å². The van der Waals surface area contributed by atoms with Gasteiger partial charge < -0.3 is 15.2 Å². The van der Waals surface area contributed by atoms with E-state index in [1.54, 1.807) is 57.1 Å². The molecule has 9 heteroatoms. The average molecular weight is 429 g/mol. The third kappa shape index (κ3) is 4.83. The van der Waals surface area contributed by atoms with Crippen molar-refractivity contribution in [2.45, 2.75) is 39.0 Å². The van der Waals surface area contributed by atoms with E-state index >= 15 is 0 Å². The van der Waals surface area contributed by atoms with Gasteiger partial charge in [-0.05, 0) is 44.5 Å². The van der Waals surface area contributed by atoms with Crippen LogP contribution in [0.25, 0.3) is 22.5 Å². The summed E-state index contributed by atoms with van der Waals surface area (Å²) in [5.74, 6) is -0.0538. The number of methoxy groups -OCH3 is 1. The van der Waals surface area contributed by atoms with Gasteiger partial charge in [-0.2, -0.15) is 0 Å². The molecule has 3 rings (SSSR count). The lowest BCUT2D eigenvalue weighted by atomic mass is 10.0. The molecule has 0 radical (unpaired) electrons. The summed E-state index contributed by atoms with van der Waals surface area (Å²) in [5, 5.41) is 13.3. The fraction of sp³-hybridized carbons (Fsp3) is 0.409. The van der Waals surface area contributed by atoms with Crippen molar-refractivity contribution in [3.8, 4) is 22.5 Å². The first-order valence-electron chi connectivity index (χ1n) is 10.0. The van der Waals surface area contributed by atoms with E-state index in [0.29, 0.717) is 41.6 Å². The van der Waals surface area contributed by atoms with E-state index in [0.717, 1.165) is 0 Å². The van der Waals surface area contributed by atoms with Crippen molar-refractivity contribution in [3.63, 3.8) is 0 Å². The Kier molecular flexibility index (Phi) is 6.56. The van der Waals surface area contributed by atoms with Crippen LogP contribution in [0.2, 0.25) is 0 Å². The molecule has 31 heavy (non-hydrogen) atoms. The molecule has 1 aromatic carbocycles. The number of benzene rings is 1. The Hall–Kier alpha value is -3.04. The van der Waals surface area contributed by atoms with Crippen LogP contribution in [0.1, 0.15) is 20.8 Å². The van der Waals surface area contributed by atoms with Gasteiger partial charge in [0, 0.05) is 20.4 Å². The van der Waals surface area contributed by atoms with E-state index in [9.17, 15) is 14.3 Å². The minimum absolute atomic E-state index is 0.226.